The topological polar surface area (TPSA) is 119 Å². The molecule has 4 atom stereocenters. The van der Waals surface area contributed by atoms with Gasteiger partial charge in [0, 0.05) is 35.9 Å². The number of pyridine rings is 2. The van der Waals surface area contributed by atoms with Gasteiger partial charge in [0.05, 0.1) is 18.0 Å². The Morgan fingerprint density at radius 1 is 1.19 bits per heavy atom. The number of aromatic hydroxyl groups is 1. The van der Waals surface area contributed by atoms with Gasteiger partial charge in [-0.05, 0) is 61.1 Å². The number of nitrogens with zero attached hydrogens (tertiary/aromatic N) is 2. The molecule has 1 amide bonds. The summed E-state index contributed by atoms with van der Waals surface area (Å²) >= 11 is 0. The van der Waals surface area contributed by atoms with Crippen LogP contribution in [0.4, 0.5) is 14.5 Å². The number of rotatable bonds is 6. The minimum absolute atomic E-state index is 0.0771. The monoisotopic (exact) mass is 492 g/mol. The molecule has 1 saturated carbocycles. The van der Waals surface area contributed by atoms with E-state index in [0.717, 1.165) is 17.7 Å². The first-order chi connectivity index (χ1) is 17.2. The maximum absolute atomic E-state index is 14.6. The summed E-state index contributed by atoms with van der Waals surface area (Å²) < 4.78 is 29.2. The summed E-state index contributed by atoms with van der Waals surface area (Å²) in [4.78, 5) is 21.3. The summed E-state index contributed by atoms with van der Waals surface area (Å²) in [6.07, 6.45) is 6.42. The second-order valence-corrected chi connectivity index (χ2v) is 8.95. The van der Waals surface area contributed by atoms with Crippen LogP contribution < -0.4 is 5.32 Å². The van der Waals surface area contributed by atoms with Crippen LogP contribution in [0.3, 0.4) is 0 Å². The Morgan fingerprint density at radius 2 is 1.94 bits per heavy atom. The second kappa shape index (κ2) is 10.3. The van der Waals surface area contributed by atoms with Gasteiger partial charge < -0.3 is 20.9 Å². The highest BCUT2D eigenvalue weighted by Gasteiger charge is 2.36. The van der Waals surface area contributed by atoms with Crippen molar-refractivity contribution in [3.05, 3.63) is 83.8 Å². The number of anilines is 1. The van der Waals surface area contributed by atoms with Gasteiger partial charge in [-0.1, -0.05) is 6.08 Å². The molecule has 0 spiro atoms. The zero-order valence-electron chi connectivity index (χ0n) is 19.6. The summed E-state index contributed by atoms with van der Waals surface area (Å²) in [6, 6.07) is 6.16. The van der Waals surface area contributed by atoms with Crippen LogP contribution in [-0.4, -0.2) is 38.4 Å². The fourth-order valence-corrected chi connectivity index (χ4v) is 4.83. The fraction of sp³-hybridized carbons (Fsp3) is 0.259. The number of aryl methyl sites for hydroxylation is 1. The summed E-state index contributed by atoms with van der Waals surface area (Å²) in [6.45, 7) is 5.31. The van der Waals surface area contributed by atoms with Crippen LogP contribution in [0, 0.1) is 35.8 Å². The van der Waals surface area contributed by atoms with Crippen molar-refractivity contribution in [3.8, 4) is 17.0 Å². The molecule has 1 fully saturated rings. The van der Waals surface area contributed by atoms with E-state index in [4.69, 9.17) is 5.41 Å². The maximum Gasteiger partial charge on any atom is 0.274 e. The molecule has 7 nitrogen and oxygen atoms in total. The van der Waals surface area contributed by atoms with Gasteiger partial charge >= 0.3 is 0 Å². The molecule has 1 aromatic carbocycles. The Hall–Kier alpha value is -3.98. The quantitative estimate of drug-likeness (QED) is 0.285. The number of nitrogens with one attached hydrogen (secondary N) is 2. The van der Waals surface area contributed by atoms with Crippen molar-refractivity contribution in [2.24, 2.45) is 11.8 Å². The van der Waals surface area contributed by atoms with Crippen molar-refractivity contribution in [1.29, 1.82) is 5.41 Å². The van der Waals surface area contributed by atoms with E-state index in [9.17, 15) is 23.8 Å². The number of hydrogen-bond donors (Lipinski definition) is 4. The average molecular weight is 493 g/mol. The van der Waals surface area contributed by atoms with Gasteiger partial charge in [0.25, 0.3) is 5.91 Å². The Labute approximate surface area is 207 Å². The molecule has 3 aromatic rings. The highest BCUT2D eigenvalue weighted by Crippen LogP contribution is 2.41. The van der Waals surface area contributed by atoms with Gasteiger partial charge in [0.15, 0.2) is 0 Å². The highest BCUT2D eigenvalue weighted by molar-refractivity contribution is 6.03. The van der Waals surface area contributed by atoms with E-state index in [-0.39, 0.29) is 46.0 Å². The predicted molar refractivity (Wildman–Crippen MR) is 132 cm³/mol. The molecule has 0 bridgehead atoms. The highest BCUT2D eigenvalue weighted by atomic mass is 19.1. The molecule has 1 aliphatic carbocycles. The zero-order valence-corrected chi connectivity index (χ0v) is 19.6. The van der Waals surface area contributed by atoms with E-state index in [1.165, 1.54) is 31.5 Å². The lowest BCUT2D eigenvalue weighted by Gasteiger charge is -2.37. The molecule has 2 aromatic heterocycles. The number of halogens is 2. The van der Waals surface area contributed by atoms with E-state index >= 15 is 0 Å². The van der Waals surface area contributed by atoms with Crippen LogP contribution in [-0.2, 0) is 0 Å². The van der Waals surface area contributed by atoms with E-state index in [2.05, 4.69) is 21.9 Å². The lowest BCUT2D eigenvalue weighted by Crippen LogP contribution is -2.36. The Bertz CT molecular complexity index is 1290. The van der Waals surface area contributed by atoms with Crippen LogP contribution in [0.5, 0.6) is 5.75 Å². The molecule has 4 N–H and O–H groups in total. The van der Waals surface area contributed by atoms with Gasteiger partial charge in [-0.15, -0.1) is 6.58 Å². The first kappa shape index (κ1) is 25.1. The number of carbonyl (C=O) groups is 1. The molecule has 9 heteroatoms. The van der Waals surface area contributed by atoms with Crippen LogP contribution in [0.15, 0.2) is 55.4 Å². The molecule has 186 valence electrons. The third-order valence-corrected chi connectivity index (χ3v) is 6.64. The number of amides is 1. The Morgan fingerprint density at radius 3 is 2.64 bits per heavy atom. The predicted octanol–water partition coefficient (Wildman–Crippen LogP) is 4.99. The first-order valence-corrected chi connectivity index (χ1v) is 11.5. The van der Waals surface area contributed by atoms with Crippen LogP contribution in [0.25, 0.3) is 11.3 Å². The molecular weight excluding hydrogens is 466 g/mol. The lowest BCUT2D eigenvalue weighted by atomic mass is 9.71. The van der Waals surface area contributed by atoms with E-state index in [1.807, 2.05) is 0 Å². The number of phenols is 1. The summed E-state index contributed by atoms with van der Waals surface area (Å²) in [5, 5.41) is 30.5. The smallest absolute Gasteiger partial charge is 0.274 e. The van der Waals surface area contributed by atoms with Gasteiger partial charge in [0.2, 0.25) is 0 Å². The number of aliphatic hydroxyl groups is 1. The standard InChI is InChI=1S/C27H26F2N4O3/c1-3-15-9-16(10-17(12-30)26(15)35)19-6-7-31-13-23(19)33-27(36)22-5-4-20(28)25(32-22)24-14(2)8-18(34)11-21(24)29/h3-8,11-13,15-17,26,30,34-35H,1,9-10H2,2H3,(H,33,36)/t15?,16-,17?,26-/m1/s1. The van der Waals surface area contributed by atoms with E-state index in [1.54, 1.807) is 18.3 Å². The van der Waals surface area contributed by atoms with Gasteiger partial charge in [-0.25, -0.2) is 13.8 Å². The molecule has 0 saturated heterocycles. The van der Waals surface area contributed by atoms with Crippen LogP contribution in [0.2, 0.25) is 0 Å². The molecule has 0 aliphatic heterocycles. The summed E-state index contributed by atoms with van der Waals surface area (Å²) in [7, 11) is 0. The number of benzene rings is 1. The zero-order chi connectivity index (χ0) is 26.0. The molecular formula is C27H26F2N4O3. The van der Waals surface area contributed by atoms with Crippen molar-refractivity contribution >= 4 is 17.8 Å². The van der Waals surface area contributed by atoms with Gasteiger partial charge in [-0.2, -0.15) is 0 Å². The molecule has 0 radical (unpaired) electrons. The number of phenolic OH excluding ortho intramolecular Hbond substituents is 1. The third-order valence-electron chi connectivity index (χ3n) is 6.64. The summed E-state index contributed by atoms with van der Waals surface area (Å²) in [5.41, 5.74) is 0.863. The van der Waals surface area contributed by atoms with Crippen molar-refractivity contribution in [3.63, 3.8) is 0 Å². The fourth-order valence-electron chi connectivity index (χ4n) is 4.83. The van der Waals surface area contributed by atoms with E-state index < -0.39 is 23.6 Å². The third kappa shape index (κ3) is 4.87. The van der Waals surface area contributed by atoms with E-state index in [0.29, 0.717) is 18.5 Å². The SMILES string of the molecule is C=CC1C[C@@H](c2ccncc2NC(=O)c2ccc(F)c(-c3c(C)cc(O)cc3F)n2)CC(C=N)[C@@H]1O. The number of hydrogen-bond acceptors (Lipinski definition) is 6. The Kier molecular flexibility index (Phi) is 7.21. The molecule has 4 rings (SSSR count). The average Bonchev–Trinajstić information content (AvgIpc) is 2.85. The number of aromatic nitrogens is 2. The van der Waals surface area contributed by atoms with Gasteiger partial charge in [0.1, 0.15) is 28.8 Å². The number of aliphatic hydroxyl groups excluding tert-OH is 1. The Balaban J connectivity index is 1.65. The second-order valence-electron chi connectivity index (χ2n) is 8.95. The van der Waals surface area contributed by atoms with Crippen molar-refractivity contribution in [1.82, 2.24) is 9.97 Å². The molecule has 2 unspecified atom stereocenters. The van der Waals surface area contributed by atoms with Crippen LogP contribution >= 0.6 is 0 Å². The first-order valence-electron chi connectivity index (χ1n) is 11.5. The lowest BCUT2D eigenvalue weighted by molar-refractivity contribution is 0.0591. The molecule has 36 heavy (non-hydrogen) atoms. The number of carbonyl (C=O) groups excluding carboxylic acids is 1. The maximum atomic E-state index is 14.6. The van der Waals surface area contributed by atoms with Crippen molar-refractivity contribution in [2.75, 3.05) is 5.32 Å². The van der Waals surface area contributed by atoms with Crippen LogP contribution in [0.1, 0.15) is 40.4 Å². The molecule has 1 aliphatic rings. The van der Waals surface area contributed by atoms with Gasteiger partial charge in [-0.3, -0.25) is 9.78 Å². The van der Waals surface area contributed by atoms with Crippen molar-refractivity contribution in [2.45, 2.75) is 31.8 Å². The normalized spacial score (nSPS) is 21.6. The van der Waals surface area contributed by atoms with Crippen molar-refractivity contribution < 1.29 is 23.8 Å². The minimum atomic E-state index is -0.858. The largest absolute Gasteiger partial charge is 0.508 e. The minimum Gasteiger partial charge on any atom is -0.508 e. The molecule has 2 heterocycles. The summed E-state index contributed by atoms with van der Waals surface area (Å²) in [5.74, 6) is -3.25.